The number of hydrogen-bond acceptors (Lipinski definition) is 5. The number of carboxylic acid groups (broad SMARTS) is 1. The molecule has 0 radical (unpaired) electrons. The van der Waals surface area contributed by atoms with E-state index in [-0.39, 0.29) is 41.9 Å². The molecule has 0 aliphatic carbocycles. The maximum atomic E-state index is 10.9. The predicted molar refractivity (Wildman–Crippen MR) is 101 cm³/mol. The van der Waals surface area contributed by atoms with Crippen LogP contribution in [-0.2, 0) is 15.3 Å². The van der Waals surface area contributed by atoms with Crippen molar-refractivity contribution in [2.45, 2.75) is 49.5 Å². The van der Waals surface area contributed by atoms with E-state index < -0.39 is 5.97 Å². The van der Waals surface area contributed by atoms with Gasteiger partial charge in [-0.2, -0.15) is 23.5 Å². The Morgan fingerprint density at radius 1 is 1.04 bits per heavy atom. The standard InChI is InChI=1S/C18H27NO3S2.Na/c19-17(20)11-13-24-16(8-4-5-9-18(21)22)10-12-23-14-15-6-2-1-3-7-15;/h1-3,6-7,16H,4-5,8-14H2,(H2,19,20)(H,21,22);/q;+1/p-1. The number of thioether (sulfide) groups is 2. The Morgan fingerprint density at radius 3 is 2.40 bits per heavy atom. The first-order valence-corrected chi connectivity index (χ1v) is 10.5. The number of unbranched alkanes of at least 4 members (excludes halogenated alkanes) is 1. The zero-order valence-electron chi connectivity index (χ0n) is 14.9. The molecular weight excluding hydrogens is 365 g/mol. The Balaban J connectivity index is 0.00000576. The van der Waals surface area contributed by atoms with Crippen molar-refractivity contribution in [3.05, 3.63) is 35.9 Å². The fraction of sp³-hybridized carbons (Fsp3) is 0.556. The van der Waals surface area contributed by atoms with E-state index in [1.54, 1.807) is 11.8 Å². The van der Waals surface area contributed by atoms with E-state index in [1.807, 2.05) is 17.8 Å². The fourth-order valence-electron chi connectivity index (χ4n) is 2.26. The van der Waals surface area contributed by atoms with Crippen LogP contribution in [0.5, 0.6) is 0 Å². The van der Waals surface area contributed by atoms with Gasteiger partial charge in [-0.25, -0.2) is 0 Å². The second-order valence-corrected chi connectivity index (χ2v) is 8.17. The van der Waals surface area contributed by atoms with E-state index in [1.165, 1.54) is 5.56 Å². The van der Waals surface area contributed by atoms with Crippen LogP contribution in [0.25, 0.3) is 0 Å². The zero-order chi connectivity index (χ0) is 17.6. The number of carbonyl (C=O) groups excluding carboxylic acids is 2. The summed E-state index contributed by atoms with van der Waals surface area (Å²) in [5, 5.41) is 10.9. The van der Waals surface area contributed by atoms with Crippen LogP contribution in [0.15, 0.2) is 30.3 Å². The Kier molecular flexibility index (Phi) is 16.0. The van der Waals surface area contributed by atoms with Crippen LogP contribution >= 0.6 is 23.5 Å². The predicted octanol–water partition coefficient (Wildman–Crippen LogP) is -0.399. The molecule has 1 rings (SSSR count). The van der Waals surface area contributed by atoms with Gasteiger partial charge in [-0.15, -0.1) is 0 Å². The summed E-state index contributed by atoms with van der Waals surface area (Å²) in [6, 6.07) is 10.4. The van der Waals surface area contributed by atoms with Gasteiger partial charge in [0.15, 0.2) is 0 Å². The van der Waals surface area contributed by atoms with Gasteiger partial charge >= 0.3 is 29.6 Å². The summed E-state index contributed by atoms with van der Waals surface area (Å²) in [5.41, 5.74) is 6.52. The van der Waals surface area contributed by atoms with Crippen molar-refractivity contribution >= 4 is 35.4 Å². The molecule has 0 saturated carbocycles. The van der Waals surface area contributed by atoms with Gasteiger partial charge < -0.3 is 15.6 Å². The van der Waals surface area contributed by atoms with Gasteiger partial charge in [0, 0.05) is 29.1 Å². The topological polar surface area (TPSA) is 83.2 Å². The van der Waals surface area contributed by atoms with Crippen molar-refractivity contribution in [1.29, 1.82) is 0 Å². The van der Waals surface area contributed by atoms with Gasteiger partial charge in [-0.1, -0.05) is 36.8 Å². The molecule has 0 aliphatic heterocycles. The molecule has 134 valence electrons. The SMILES string of the molecule is NC(=O)CCSC(CCCCC(=O)[O-])CCSCc1ccccc1.[Na+]. The summed E-state index contributed by atoms with van der Waals surface area (Å²) in [5.74, 6) is 1.56. The van der Waals surface area contributed by atoms with Crippen molar-refractivity contribution in [3.63, 3.8) is 0 Å². The molecule has 4 nitrogen and oxygen atoms in total. The molecule has 0 fully saturated rings. The molecular formula is C18H26NNaO3S2. The average Bonchev–Trinajstić information content (AvgIpc) is 2.55. The zero-order valence-corrected chi connectivity index (χ0v) is 18.6. The van der Waals surface area contributed by atoms with Crippen molar-refractivity contribution < 1.29 is 44.3 Å². The van der Waals surface area contributed by atoms with Gasteiger partial charge in [0.05, 0.1) is 0 Å². The second kappa shape index (κ2) is 16.1. The molecule has 7 heteroatoms. The molecule has 1 aromatic rings. The number of amides is 1. The first-order chi connectivity index (χ1) is 11.6. The molecule has 0 saturated heterocycles. The molecule has 25 heavy (non-hydrogen) atoms. The minimum atomic E-state index is -0.980. The summed E-state index contributed by atoms with van der Waals surface area (Å²) < 4.78 is 0. The first-order valence-electron chi connectivity index (χ1n) is 8.29. The number of nitrogens with two attached hydrogens (primary N) is 1. The quantitative estimate of drug-likeness (QED) is 0.345. The number of carboxylic acids is 1. The number of rotatable bonds is 14. The third kappa shape index (κ3) is 14.7. The third-order valence-corrected chi connectivity index (χ3v) is 6.00. The largest absolute Gasteiger partial charge is 1.00 e. The van der Waals surface area contributed by atoms with Crippen LogP contribution < -0.4 is 40.4 Å². The third-order valence-electron chi connectivity index (χ3n) is 3.55. The number of hydrogen-bond donors (Lipinski definition) is 1. The van der Waals surface area contributed by atoms with Gasteiger partial charge in [0.1, 0.15) is 0 Å². The van der Waals surface area contributed by atoms with Gasteiger partial charge in [0.25, 0.3) is 0 Å². The first kappa shape index (κ1) is 24.9. The summed E-state index contributed by atoms with van der Waals surface area (Å²) >= 11 is 3.69. The van der Waals surface area contributed by atoms with Crippen LogP contribution in [0.2, 0.25) is 0 Å². The van der Waals surface area contributed by atoms with Crippen molar-refractivity contribution in [2.75, 3.05) is 11.5 Å². The minimum absolute atomic E-state index is 0. The van der Waals surface area contributed by atoms with Crippen molar-refractivity contribution in [2.24, 2.45) is 5.73 Å². The molecule has 0 spiro atoms. The molecule has 1 aromatic carbocycles. The van der Waals surface area contributed by atoms with Gasteiger partial charge in [-0.3, -0.25) is 4.79 Å². The molecule has 1 unspecified atom stereocenters. The van der Waals surface area contributed by atoms with Gasteiger partial charge in [0.2, 0.25) is 5.91 Å². The number of aliphatic carboxylic acids is 1. The van der Waals surface area contributed by atoms with Crippen molar-refractivity contribution in [3.8, 4) is 0 Å². The smallest absolute Gasteiger partial charge is 0.550 e. The second-order valence-electron chi connectivity index (χ2n) is 5.65. The normalized spacial score (nSPS) is 11.5. The molecule has 1 amide bonds. The average molecular weight is 392 g/mol. The van der Waals surface area contributed by atoms with E-state index in [9.17, 15) is 14.7 Å². The summed E-state index contributed by atoms with van der Waals surface area (Å²) in [6.07, 6.45) is 4.10. The molecule has 1 atom stereocenters. The maximum absolute atomic E-state index is 10.9. The Hall–Kier alpha value is -0.140. The molecule has 2 N–H and O–H groups in total. The molecule has 0 bridgehead atoms. The Labute approximate surface area is 181 Å². The number of benzene rings is 1. The maximum Gasteiger partial charge on any atom is 1.00 e. The van der Waals surface area contributed by atoms with Crippen molar-refractivity contribution in [1.82, 2.24) is 0 Å². The van der Waals surface area contributed by atoms with Crippen LogP contribution in [0.1, 0.15) is 44.1 Å². The fourth-order valence-corrected chi connectivity index (χ4v) is 4.70. The summed E-state index contributed by atoms with van der Waals surface area (Å²) in [7, 11) is 0. The Morgan fingerprint density at radius 2 is 1.76 bits per heavy atom. The van der Waals surface area contributed by atoms with Crippen LogP contribution in [0.3, 0.4) is 0 Å². The van der Waals surface area contributed by atoms with E-state index in [2.05, 4.69) is 24.3 Å². The summed E-state index contributed by atoms with van der Waals surface area (Å²) in [4.78, 5) is 21.3. The van der Waals surface area contributed by atoms with Gasteiger partial charge in [-0.05, 0) is 37.0 Å². The van der Waals surface area contributed by atoms with E-state index >= 15 is 0 Å². The summed E-state index contributed by atoms with van der Waals surface area (Å²) in [6.45, 7) is 0. The molecule has 0 heterocycles. The Bertz CT molecular complexity index is 488. The van der Waals surface area contributed by atoms with Crippen LogP contribution in [-0.4, -0.2) is 28.6 Å². The van der Waals surface area contributed by atoms with E-state index in [0.717, 1.165) is 36.5 Å². The van der Waals surface area contributed by atoms with Crippen LogP contribution in [0.4, 0.5) is 0 Å². The van der Waals surface area contributed by atoms with Crippen LogP contribution in [0, 0.1) is 0 Å². The molecule has 0 aromatic heterocycles. The van der Waals surface area contributed by atoms with E-state index in [4.69, 9.17) is 5.73 Å². The molecule has 0 aliphatic rings. The number of carbonyl (C=O) groups is 2. The van der Waals surface area contributed by atoms with E-state index in [0.29, 0.717) is 18.1 Å². The number of primary amides is 1. The minimum Gasteiger partial charge on any atom is -0.550 e. The monoisotopic (exact) mass is 391 g/mol.